The molecule has 2 saturated carbocycles. The molecule has 5 nitrogen and oxygen atoms in total. The zero-order chi connectivity index (χ0) is 24.7. The molecule has 1 saturated heterocycles. The maximum Gasteiger partial charge on any atom is 0.232 e. The Morgan fingerprint density at radius 1 is 1.17 bits per heavy atom. The molecule has 1 amide bonds. The summed E-state index contributed by atoms with van der Waals surface area (Å²) < 4.78 is 6.86. The Labute approximate surface area is 208 Å². The number of benzene rings is 1. The average molecular weight is 476 g/mol. The highest BCUT2D eigenvalue weighted by Crippen LogP contribution is 2.65. The van der Waals surface area contributed by atoms with Gasteiger partial charge in [-0.05, 0) is 54.7 Å². The molecule has 10 atom stereocenters. The molecule has 7 rings (SSSR count). The van der Waals surface area contributed by atoms with E-state index in [1.54, 1.807) is 0 Å². The first kappa shape index (κ1) is 23.0. The van der Waals surface area contributed by atoms with E-state index in [0.717, 1.165) is 24.2 Å². The van der Waals surface area contributed by atoms with Gasteiger partial charge in [0.05, 0.1) is 0 Å². The van der Waals surface area contributed by atoms with Gasteiger partial charge < -0.3 is 15.2 Å². The van der Waals surface area contributed by atoms with Gasteiger partial charge >= 0.3 is 0 Å². The summed E-state index contributed by atoms with van der Waals surface area (Å²) in [6.45, 7) is 11.1. The highest BCUT2D eigenvalue weighted by Gasteiger charge is 2.65. The number of carbonyl (C=O) groups excluding carboxylic acids is 2. The standard InChI is InChI=1S/C30H37NO4/c1-5-19-12-17(3)25-24-23(19)26(32)21-15-30(34,31-28(21)33)14-18-7-9-20(10-8-18)35-27(24)22-11-6-16(2)13-29(22,25)4/h5,7-10,12,16,19,21-25,27,34H,1,6,11,13-15H2,2-4H3,(H,31,33)/t16-,19-,21?,22+,23+,24-,25+,27-,29-,30-/m1/s1. The number of ketones is 1. The number of hydrogen-bond acceptors (Lipinski definition) is 4. The fourth-order valence-corrected chi connectivity index (χ4v) is 8.91. The third-order valence-electron chi connectivity index (χ3n) is 10.1. The van der Waals surface area contributed by atoms with Crippen LogP contribution in [-0.4, -0.2) is 28.6 Å². The molecule has 3 heterocycles. The maximum absolute atomic E-state index is 14.3. The van der Waals surface area contributed by atoms with Crippen LogP contribution in [0.5, 0.6) is 5.75 Å². The van der Waals surface area contributed by atoms with Crippen molar-refractivity contribution in [1.82, 2.24) is 5.32 Å². The number of carbonyl (C=O) groups is 2. The molecule has 1 aromatic carbocycles. The number of ether oxygens (including phenoxy) is 1. The molecule has 3 aliphatic carbocycles. The molecule has 0 spiro atoms. The smallest absolute Gasteiger partial charge is 0.232 e. The third kappa shape index (κ3) is 3.37. The van der Waals surface area contributed by atoms with Crippen molar-refractivity contribution in [3.63, 3.8) is 0 Å². The highest BCUT2D eigenvalue weighted by molar-refractivity contribution is 6.04. The maximum atomic E-state index is 14.3. The van der Waals surface area contributed by atoms with Crippen molar-refractivity contribution in [3.8, 4) is 5.75 Å². The molecular formula is C30H37NO4. The Hall–Kier alpha value is -2.40. The molecule has 2 N–H and O–H groups in total. The van der Waals surface area contributed by atoms with Crippen LogP contribution in [0.2, 0.25) is 0 Å². The zero-order valence-electron chi connectivity index (χ0n) is 21.0. The summed E-state index contributed by atoms with van der Waals surface area (Å²) in [6, 6.07) is 7.90. The SMILES string of the molecule is C=C[C@@H]1C=C(C)[C@H]2[C@@H]3[C@H](Oc4ccc(cc4)C[C@@]4(O)CC(C(=O)N4)C(=O)[C@@H]13)[C@@H]1CC[C@@H](C)C[C@]12C. The zero-order valence-corrected chi connectivity index (χ0v) is 21.0. The van der Waals surface area contributed by atoms with Gasteiger partial charge in [-0.2, -0.15) is 0 Å². The molecule has 3 fully saturated rings. The first-order chi connectivity index (χ1) is 16.6. The fourth-order valence-electron chi connectivity index (χ4n) is 8.91. The minimum atomic E-state index is -1.41. The molecule has 6 aliphatic rings. The summed E-state index contributed by atoms with van der Waals surface area (Å²) >= 11 is 0. The van der Waals surface area contributed by atoms with Gasteiger partial charge in [0.2, 0.25) is 5.91 Å². The molecule has 0 aromatic heterocycles. The Morgan fingerprint density at radius 2 is 1.91 bits per heavy atom. The topological polar surface area (TPSA) is 75.6 Å². The lowest BCUT2D eigenvalue weighted by molar-refractivity contribution is -0.137. The lowest BCUT2D eigenvalue weighted by atomic mass is 9.57. The minimum absolute atomic E-state index is 0.0299. The molecule has 3 aliphatic heterocycles. The van der Waals surface area contributed by atoms with Crippen LogP contribution in [0.3, 0.4) is 0 Å². The van der Waals surface area contributed by atoms with E-state index in [0.29, 0.717) is 11.8 Å². The first-order valence-electron chi connectivity index (χ1n) is 13.3. The fraction of sp³-hybridized carbons (Fsp3) is 0.600. The van der Waals surface area contributed by atoms with Crippen LogP contribution in [0.1, 0.15) is 52.0 Å². The lowest BCUT2D eigenvalue weighted by Crippen LogP contribution is -2.46. The second-order valence-electron chi connectivity index (χ2n) is 12.4. The largest absolute Gasteiger partial charge is 0.490 e. The van der Waals surface area contributed by atoms with Gasteiger partial charge in [-0.25, -0.2) is 0 Å². The first-order valence-corrected chi connectivity index (χ1v) is 13.3. The van der Waals surface area contributed by atoms with Crippen LogP contribution in [0.15, 0.2) is 48.6 Å². The van der Waals surface area contributed by atoms with Crippen LogP contribution in [0, 0.1) is 46.8 Å². The van der Waals surface area contributed by atoms with Crippen molar-refractivity contribution < 1.29 is 19.4 Å². The van der Waals surface area contributed by atoms with Gasteiger partial charge in [-0.1, -0.05) is 50.1 Å². The van der Waals surface area contributed by atoms with Crippen molar-refractivity contribution >= 4 is 11.7 Å². The van der Waals surface area contributed by atoms with Crippen LogP contribution >= 0.6 is 0 Å². The summed E-state index contributed by atoms with van der Waals surface area (Å²) in [6.07, 6.45) is 7.75. The average Bonchev–Trinajstić information content (AvgIpc) is 3.24. The molecule has 186 valence electrons. The molecule has 1 unspecified atom stereocenters. The Morgan fingerprint density at radius 3 is 2.63 bits per heavy atom. The molecule has 0 radical (unpaired) electrons. The van der Waals surface area contributed by atoms with Gasteiger partial charge in [0, 0.05) is 36.5 Å². The summed E-state index contributed by atoms with van der Waals surface area (Å²) in [4.78, 5) is 27.4. The predicted octanol–water partition coefficient (Wildman–Crippen LogP) is 4.45. The number of allylic oxidation sites excluding steroid dienone is 3. The summed E-state index contributed by atoms with van der Waals surface area (Å²) in [5, 5.41) is 14.0. The van der Waals surface area contributed by atoms with E-state index in [1.165, 1.54) is 12.0 Å². The molecule has 5 heteroatoms. The van der Waals surface area contributed by atoms with E-state index in [9.17, 15) is 14.7 Å². The summed E-state index contributed by atoms with van der Waals surface area (Å²) in [7, 11) is 0. The third-order valence-corrected chi connectivity index (χ3v) is 10.1. The number of Topliss-reactive ketones (excluding diaryl/α,β-unsaturated/α-hetero) is 1. The van der Waals surface area contributed by atoms with E-state index in [4.69, 9.17) is 4.74 Å². The Balaban J connectivity index is 1.54. The Kier molecular flexibility index (Phi) is 5.13. The van der Waals surface area contributed by atoms with E-state index >= 15 is 0 Å². The quantitative estimate of drug-likeness (QED) is 0.465. The van der Waals surface area contributed by atoms with Gasteiger partial charge in [0.1, 0.15) is 29.3 Å². The van der Waals surface area contributed by atoms with E-state index < -0.39 is 11.6 Å². The molecular weight excluding hydrogens is 438 g/mol. The Bertz CT molecular complexity index is 1110. The van der Waals surface area contributed by atoms with E-state index in [1.807, 2.05) is 30.3 Å². The van der Waals surface area contributed by atoms with E-state index in [2.05, 4.69) is 38.7 Å². The van der Waals surface area contributed by atoms with Crippen LogP contribution in [0.4, 0.5) is 0 Å². The number of fused-ring (bicyclic) bond motifs is 4. The number of amides is 1. The van der Waals surface area contributed by atoms with Gasteiger partial charge in [-0.15, -0.1) is 6.58 Å². The number of hydrogen-bond donors (Lipinski definition) is 2. The predicted molar refractivity (Wildman–Crippen MR) is 133 cm³/mol. The molecule has 1 aromatic rings. The van der Waals surface area contributed by atoms with Crippen molar-refractivity contribution in [3.05, 3.63) is 54.1 Å². The lowest BCUT2D eigenvalue weighted by Gasteiger charge is -2.46. The molecule has 35 heavy (non-hydrogen) atoms. The molecule has 4 bridgehead atoms. The monoisotopic (exact) mass is 475 g/mol. The number of aliphatic hydroxyl groups is 1. The van der Waals surface area contributed by atoms with Crippen LogP contribution in [-0.2, 0) is 16.0 Å². The van der Waals surface area contributed by atoms with Crippen LogP contribution in [0.25, 0.3) is 0 Å². The van der Waals surface area contributed by atoms with E-state index in [-0.39, 0.29) is 59.7 Å². The summed E-state index contributed by atoms with van der Waals surface area (Å²) in [5.74, 6) is 0.174. The minimum Gasteiger partial charge on any atom is -0.490 e. The van der Waals surface area contributed by atoms with Crippen molar-refractivity contribution in [2.75, 3.05) is 0 Å². The van der Waals surface area contributed by atoms with Gasteiger partial charge in [0.25, 0.3) is 0 Å². The van der Waals surface area contributed by atoms with Crippen molar-refractivity contribution in [2.24, 2.45) is 46.8 Å². The number of nitrogens with one attached hydrogen (secondary N) is 1. The summed E-state index contributed by atoms with van der Waals surface area (Å²) in [5.41, 5.74) is 0.853. The van der Waals surface area contributed by atoms with Crippen LogP contribution < -0.4 is 10.1 Å². The second-order valence-corrected chi connectivity index (χ2v) is 12.4. The van der Waals surface area contributed by atoms with Crippen molar-refractivity contribution in [1.29, 1.82) is 0 Å². The van der Waals surface area contributed by atoms with Gasteiger partial charge in [-0.3, -0.25) is 9.59 Å². The second kappa shape index (κ2) is 7.80. The number of rotatable bonds is 1. The highest BCUT2D eigenvalue weighted by atomic mass is 16.5. The van der Waals surface area contributed by atoms with Crippen molar-refractivity contribution in [2.45, 2.75) is 64.7 Å². The normalized spacial score (nSPS) is 46.2. The van der Waals surface area contributed by atoms with Gasteiger partial charge in [0.15, 0.2) is 0 Å².